The zero-order valence-electron chi connectivity index (χ0n) is 28.6. The summed E-state index contributed by atoms with van der Waals surface area (Å²) in [6.45, 7) is 4.87. The fourth-order valence-corrected chi connectivity index (χ4v) is 7.22. The van der Waals surface area contributed by atoms with Crippen LogP contribution in [0.3, 0.4) is 0 Å². The van der Waals surface area contributed by atoms with E-state index >= 15 is 0 Å². The summed E-state index contributed by atoms with van der Waals surface area (Å²) in [5.41, 5.74) is 3.36. The first kappa shape index (κ1) is 35.1. The molecule has 9 heteroatoms. The van der Waals surface area contributed by atoms with Gasteiger partial charge in [-0.2, -0.15) is 0 Å². The molecule has 9 nitrogen and oxygen atoms in total. The Morgan fingerprint density at radius 1 is 0.896 bits per heavy atom. The number of carbonyl (C=O) groups is 3. The van der Waals surface area contributed by atoms with Gasteiger partial charge in [0.15, 0.2) is 0 Å². The number of methoxy groups -OCH3 is 1. The number of fused-ring (bicyclic) bond motifs is 1. The van der Waals surface area contributed by atoms with Gasteiger partial charge in [0.25, 0.3) is 0 Å². The van der Waals surface area contributed by atoms with Crippen LogP contribution in [-0.2, 0) is 33.8 Å². The van der Waals surface area contributed by atoms with Crippen molar-refractivity contribution in [3.05, 3.63) is 102 Å². The highest BCUT2D eigenvalue weighted by Gasteiger charge is 2.47. The van der Waals surface area contributed by atoms with E-state index in [0.29, 0.717) is 32.4 Å². The lowest BCUT2D eigenvalue weighted by atomic mass is 9.92. The molecule has 0 aliphatic carbocycles. The molecule has 2 aliphatic heterocycles. The van der Waals surface area contributed by atoms with Gasteiger partial charge in [-0.15, -0.1) is 0 Å². The lowest BCUT2D eigenvalue weighted by molar-refractivity contribution is -0.143. The second-order valence-corrected chi connectivity index (χ2v) is 13.0. The van der Waals surface area contributed by atoms with Crippen LogP contribution in [-0.4, -0.2) is 85.5 Å². The highest BCUT2D eigenvalue weighted by molar-refractivity contribution is 5.94. The van der Waals surface area contributed by atoms with E-state index in [4.69, 9.17) is 4.74 Å². The van der Waals surface area contributed by atoms with Crippen LogP contribution in [0, 0.1) is 5.92 Å². The van der Waals surface area contributed by atoms with E-state index < -0.39 is 18.1 Å². The minimum Gasteiger partial charge on any atom is -0.497 e. The molecular weight excluding hydrogens is 602 g/mol. The highest BCUT2D eigenvalue weighted by atomic mass is 16.5. The van der Waals surface area contributed by atoms with Crippen molar-refractivity contribution < 1.29 is 19.1 Å². The van der Waals surface area contributed by atoms with Crippen LogP contribution in [0.25, 0.3) is 0 Å². The van der Waals surface area contributed by atoms with Crippen molar-refractivity contribution in [1.29, 1.82) is 0 Å². The van der Waals surface area contributed by atoms with Gasteiger partial charge in [-0.05, 0) is 80.9 Å². The van der Waals surface area contributed by atoms with Gasteiger partial charge < -0.3 is 25.6 Å². The molecule has 48 heavy (non-hydrogen) atoms. The van der Waals surface area contributed by atoms with Crippen molar-refractivity contribution >= 4 is 17.7 Å². The van der Waals surface area contributed by atoms with Crippen LogP contribution in [0.4, 0.5) is 0 Å². The van der Waals surface area contributed by atoms with Crippen LogP contribution in [0.5, 0.6) is 5.75 Å². The molecule has 2 fully saturated rings. The molecule has 2 saturated heterocycles. The number of rotatable bonds is 15. The number of ether oxygens (including phenoxy) is 1. The number of amides is 3. The largest absolute Gasteiger partial charge is 0.497 e. The van der Waals surface area contributed by atoms with Crippen LogP contribution >= 0.6 is 0 Å². The lowest BCUT2D eigenvalue weighted by Gasteiger charge is -2.34. The maximum atomic E-state index is 14.6. The normalized spacial score (nSPS) is 21.3. The van der Waals surface area contributed by atoms with Gasteiger partial charge >= 0.3 is 0 Å². The summed E-state index contributed by atoms with van der Waals surface area (Å²) in [4.78, 5) is 46.3. The molecule has 0 spiro atoms. The number of hydrogen-bond acceptors (Lipinski definition) is 6. The van der Waals surface area contributed by atoms with Crippen LogP contribution < -0.4 is 20.7 Å². The third-order valence-corrected chi connectivity index (χ3v) is 9.97. The Hall–Kier alpha value is -4.21. The smallest absolute Gasteiger partial charge is 0.246 e. The summed E-state index contributed by atoms with van der Waals surface area (Å²) in [6, 6.07) is 26.3. The van der Waals surface area contributed by atoms with Gasteiger partial charge in [0.1, 0.15) is 17.8 Å². The molecule has 0 aromatic heterocycles. The number of nitrogens with zero attached hydrogens (tertiary/aromatic N) is 2. The van der Waals surface area contributed by atoms with Crippen molar-refractivity contribution in [2.45, 2.75) is 76.2 Å². The standard InChI is InChI=1S/C39H51N5O4/c1-4-43(26-30-13-9-6-10-14-30)27-31-17-18-32-19-22-35(38(46)41-24-23-28-15-20-33(48-3)21-16-28)44(32)39(47)36(31)42-37(45)34(40-2)25-29-11-7-5-8-12-29/h5-16,20-21,31-32,34-36,40H,4,17-19,22-27H2,1-3H3,(H,41,46)(H,42,45)/t31-,32+,34-,35+,36+/m1/s1. The molecule has 3 amide bonds. The fraction of sp³-hybridized carbons (Fsp3) is 0.462. The zero-order chi connectivity index (χ0) is 33.9. The average Bonchev–Trinajstić information content (AvgIpc) is 3.51. The van der Waals surface area contributed by atoms with E-state index in [1.165, 1.54) is 5.56 Å². The van der Waals surface area contributed by atoms with Crippen molar-refractivity contribution in [3.8, 4) is 5.75 Å². The van der Waals surface area contributed by atoms with Gasteiger partial charge in [-0.3, -0.25) is 19.3 Å². The molecule has 3 N–H and O–H groups in total. The number of likely N-dealkylation sites (N-methyl/N-ethyl adjacent to an activating group) is 1. The van der Waals surface area contributed by atoms with Crippen LogP contribution in [0.2, 0.25) is 0 Å². The van der Waals surface area contributed by atoms with E-state index in [-0.39, 0.29) is 29.7 Å². The maximum Gasteiger partial charge on any atom is 0.246 e. The summed E-state index contributed by atoms with van der Waals surface area (Å²) in [5, 5.41) is 9.47. The van der Waals surface area contributed by atoms with E-state index in [1.807, 2.05) is 77.7 Å². The first-order valence-electron chi connectivity index (χ1n) is 17.4. The van der Waals surface area contributed by atoms with E-state index in [2.05, 4.69) is 39.9 Å². The number of benzene rings is 3. The third kappa shape index (κ3) is 9.02. The maximum absolute atomic E-state index is 14.6. The molecule has 3 aromatic rings. The number of carbonyl (C=O) groups excluding carboxylic acids is 3. The van der Waals surface area contributed by atoms with Crippen LogP contribution in [0.15, 0.2) is 84.9 Å². The second kappa shape index (κ2) is 17.3. The van der Waals surface area contributed by atoms with Crippen molar-refractivity contribution in [2.75, 3.05) is 33.8 Å². The molecule has 0 saturated carbocycles. The third-order valence-electron chi connectivity index (χ3n) is 9.97. The minimum atomic E-state index is -0.730. The molecule has 0 bridgehead atoms. The molecule has 0 unspecified atom stereocenters. The lowest BCUT2D eigenvalue weighted by Crippen LogP contribution is -2.59. The van der Waals surface area contributed by atoms with E-state index in [9.17, 15) is 14.4 Å². The topological polar surface area (TPSA) is 103 Å². The predicted octanol–water partition coefficient (Wildman–Crippen LogP) is 3.96. The molecule has 2 aliphatic rings. The SMILES string of the molecule is CCN(Cc1ccccc1)C[C@H]1CC[C@H]2CC[C@@H](C(=O)NCCc3ccc(OC)cc3)N2C(=O)[C@H]1NC(=O)[C@@H](Cc1ccccc1)NC. The Morgan fingerprint density at radius 3 is 2.21 bits per heavy atom. The summed E-state index contributed by atoms with van der Waals surface area (Å²) in [6.07, 6.45) is 4.19. The highest BCUT2D eigenvalue weighted by Crippen LogP contribution is 2.34. The Morgan fingerprint density at radius 2 is 1.56 bits per heavy atom. The van der Waals surface area contributed by atoms with Crippen molar-refractivity contribution in [1.82, 2.24) is 25.8 Å². The summed E-state index contributed by atoms with van der Waals surface area (Å²) < 4.78 is 5.25. The summed E-state index contributed by atoms with van der Waals surface area (Å²) >= 11 is 0. The predicted molar refractivity (Wildman–Crippen MR) is 188 cm³/mol. The Kier molecular flexibility index (Phi) is 12.6. The monoisotopic (exact) mass is 653 g/mol. The molecule has 3 aromatic carbocycles. The fourth-order valence-electron chi connectivity index (χ4n) is 7.22. The second-order valence-electron chi connectivity index (χ2n) is 13.0. The quantitative estimate of drug-likeness (QED) is 0.230. The van der Waals surface area contributed by atoms with E-state index in [0.717, 1.165) is 49.2 Å². The molecule has 5 atom stereocenters. The molecule has 5 rings (SSSR count). The Bertz CT molecular complexity index is 1470. The van der Waals surface area contributed by atoms with Gasteiger partial charge in [0.2, 0.25) is 17.7 Å². The molecule has 0 radical (unpaired) electrons. The number of hydrogen-bond donors (Lipinski definition) is 3. The van der Waals surface area contributed by atoms with E-state index in [1.54, 1.807) is 14.2 Å². The Balaban J connectivity index is 1.32. The molecular formula is C39H51N5O4. The van der Waals surface area contributed by atoms with Gasteiger partial charge in [-0.1, -0.05) is 79.7 Å². The molecule has 2 heterocycles. The first-order valence-corrected chi connectivity index (χ1v) is 17.4. The average molecular weight is 654 g/mol. The Labute approximate surface area is 285 Å². The van der Waals surface area contributed by atoms with Gasteiger partial charge in [-0.25, -0.2) is 0 Å². The van der Waals surface area contributed by atoms with Gasteiger partial charge in [0, 0.05) is 31.6 Å². The first-order chi connectivity index (χ1) is 23.4. The summed E-state index contributed by atoms with van der Waals surface area (Å²) in [7, 11) is 3.42. The van der Waals surface area contributed by atoms with Crippen LogP contribution in [0.1, 0.15) is 49.3 Å². The number of nitrogens with one attached hydrogen (secondary N) is 3. The molecule has 256 valence electrons. The zero-order valence-corrected chi connectivity index (χ0v) is 28.6. The van der Waals surface area contributed by atoms with Gasteiger partial charge in [0.05, 0.1) is 13.2 Å². The van der Waals surface area contributed by atoms with Crippen molar-refractivity contribution in [2.24, 2.45) is 5.92 Å². The summed E-state index contributed by atoms with van der Waals surface area (Å²) in [5.74, 6) is 0.230. The van der Waals surface area contributed by atoms with Crippen molar-refractivity contribution in [3.63, 3.8) is 0 Å². The minimum absolute atomic E-state index is 0.0205.